The molecule has 1 aromatic rings. The van der Waals surface area contributed by atoms with Crippen LogP contribution in [0.2, 0.25) is 5.02 Å². The van der Waals surface area contributed by atoms with Gasteiger partial charge < -0.3 is 14.7 Å². The summed E-state index contributed by atoms with van der Waals surface area (Å²) in [6, 6.07) is 5.22. The largest absolute Gasteiger partial charge is 0.482 e. The highest BCUT2D eigenvalue weighted by Gasteiger charge is 2.33. The van der Waals surface area contributed by atoms with Crippen LogP contribution in [0.15, 0.2) is 22.7 Å². The molecular weight excluding hydrogens is 334 g/mol. The van der Waals surface area contributed by atoms with Crippen molar-refractivity contribution in [2.24, 2.45) is 0 Å². The third-order valence-electron chi connectivity index (χ3n) is 3.05. The lowest BCUT2D eigenvalue weighted by Crippen LogP contribution is -2.36. The van der Waals surface area contributed by atoms with Gasteiger partial charge in [-0.05, 0) is 31.5 Å². The molecule has 1 aliphatic heterocycles. The number of nitrogens with zero attached hydrogens (tertiary/aromatic N) is 1. The van der Waals surface area contributed by atoms with Gasteiger partial charge in [-0.3, -0.25) is 4.79 Å². The van der Waals surface area contributed by atoms with Crippen LogP contribution in [-0.2, 0) is 4.79 Å². The van der Waals surface area contributed by atoms with Crippen LogP contribution in [-0.4, -0.2) is 41.2 Å². The van der Waals surface area contributed by atoms with Crippen LogP contribution in [0.4, 0.5) is 0 Å². The molecule has 1 saturated heterocycles. The van der Waals surface area contributed by atoms with Crippen molar-refractivity contribution < 1.29 is 14.6 Å². The van der Waals surface area contributed by atoms with E-state index in [2.05, 4.69) is 15.9 Å². The highest BCUT2D eigenvalue weighted by molar-refractivity contribution is 9.10. The SMILES string of the molecule is CC1(O)CCN(C(=O)COc2ccc(Br)cc2Cl)C1. The first kappa shape index (κ1) is 14.6. The molecule has 2 rings (SSSR count). The molecule has 1 atom stereocenters. The molecule has 19 heavy (non-hydrogen) atoms. The zero-order valence-electron chi connectivity index (χ0n) is 10.5. The predicted octanol–water partition coefficient (Wildman–Crippen LogP) is 2.46. The molecular formula is C13H15BrClNO3. The van der Waals surface area contributed by atoms with E-state index in [0.717, 1.165) is 4.47 Å². The van der Waals surface area contributed by atoms with Crippen LogP contribution in [0.1, 0.15) is 13.3 Å². The van der Waals surface area contributed by atoms with Gasteiger partial charge in [-0.15, -0.1) is 0 Å². The molecule has 0 aliphatic carbocycles. The van der Waals surface area contributed by atoms with E-state index in [-0.39, 0.29) is 12.5 Å². The molecule has 6 heteroatoms. The van der Waals surface area contributed by atoms with Crippen molar-refractivity contribution in [2.45, 2.75) is 18.9 Å². The standard InChI is InChI=1S/C13H15BrClNO3/c1-13(18)4-5-16(8-13)12(17)7-19-11-3-2-9(14)6-10(11)15/h2-3,6,18H,4-5,7-8H2,1H3. The number of hydrogen-bond donors (Lipinski definition) is 1. The van der Waals surface area contributed by atoms with E-state index in [1.54, 1.807) is 30.0 Å². The molecule has 1 unspecified atom stereocenters. The number of carbonyl (C=O) groups excluding carboxylic acids is 1. The Kier molecular flexibility index (Phi) is 4.38. The molecule has 0 bridgehead atoms. The molecule has 0 radical (unpaired) electrons. The van der Waals surface area contributed by atoms with Crippen molar-refractivity contribution in [2.75, 3.05) is 19.7 Å². The van der Waals surface area contributed by atoms with Crippen molar-refractivity contribution in [3.8, 4) is 5.75 Å². The van der Waals surface area contributed by atoms with Crippen molar-refractivity contribution in [3.05, 3.63) is 27.7 Å². The number of likely N-dealkylation sites (tertiary alicyclic amines) is 1. The second-order valence-electron chi connectivity index (χ2n) is 4.93. The second kappa shape index (κ2) is 5.69. The zero-order chi connectivity index (χ0) is 14.0. The summed E-state index contributed by atoms with van der Waals surface area (Å²) >= 11 is 9.30. The zero-order valence-corrected chi connectivity index (χ0v) is 12.9. The van der Waals surface area contributed by atoms with Crippen LogP contribution in [0.3, 0.4) is 0 Å². The number of halogens is 2. The predicted molar refractivity (Wildman–Crippen MR) is 76.5 cm³/mol. The Hall–Kier alpha value is -0.780. The van der Waals surface area contributed by atoms with Crippen LogP contribution >= 0.6 is 27.5 Å². The minimum atomic E-state index is -0.787. The molecule has 1 amide bonds. The summed E-state index contributed by atoms with van der Waals surface area (Å²) in [7, 11) is 0. The maximum atomic E-state index is 11.9. The summed E-state index contributed by atoms with van der Waals surface area (Å²) in [5.74, 6) is 0.334. The number of hydrogen-bond acceptors (Lipinski definition) is 3. The number of aliphatic hydroxyl groups is 1. The Labute approximate surface area is 125 Å². The fourth-order valence-corrected chi connectivity index (χ4v) is 2.71. The highest BCUT2D eigenvalue weighted by atomic mass is 79.9. The number of benzene rings is 1. The lowest BCUT2D eigenvalue weighted by molar-refractivity contribution is -0.133. The van der Waals surface area contributed by atoms with E-state index in [9.17, 15) is 9.90 Å². The number of carbonyl (C=O) groups is 1. The van der Waals surface area contributed by atoms with Gasteiger partial charge >= 0.3 is 0 Å². The van der Waals surface area contributed by atoms with Gasteiger partial charge in [0.1, 0.15) is 5.75 Å². The lowest BCUT2D eigenvalue weighted by atomic mass is 10.1. The molecule has 1 N–H and O–H groups in total. The molecule has 1 aliphatic rings. The third-order valence-corrected chi connectivity index (χ3v) is 3.84. The number of β-amino-alcohol motifs (C(OH)–C–C–N with tert-alkyl or cyclic N) is 1. The second-order valence-corrected chi connectivity index (χ2v) is 6.25. The van der Waals surface area contributed by atoms with Gasteiger partial charge in [0.15, 0.2) is 6.61 Å². The number of amides is 1. The maximum Gasteiger partial charge on any atom is 0.260 e. The number of rotatable bonds is 3. The van der Waals surface area contributed by atoms with Crippen LogP contribution < -0.4 is 4.74 Å². The first-order valence-corrected chi connectivity index (χ1v) is 7.12. The summed E-state index contributed by atoms with van der Waals surface area (Å²) < 4.78 is 6.26. The lowest BCUT2D eigenvalue weighted by Gasteiger charge is -2.19. The third kappa shape index (κ3) is 3.84. The molecule has 0 saturated carbocycles. The average molecular weight is 349 g/mol. The minimum Gasteiger partial charge on any atom is -0.482 e. The fourth-order valence-electron chi connectivity index (χ4n) is 1.98. The smallest absolute Gasteiger partial charge is 0.260 e. The summed E-state index contributed by atoms with van der Waals surface area (Å²) in [6.07, 6.45) is 0.595. The van der Waals surface area contributed by atoms with Crippen molar-refractivity contribution in [1.29, 1.82) is 0 Å². The molecule has 1 aromatic carbocycles. The van der Waals surface area contributed by atoms with E-state index < -0.39 is 5.60 Å². The summed E-state index contributed by atoms with van der Waals surface area (Å²) in [5, 5.41) is 10.3. The van der Waals surface area contributed by atoms with Gasteiger partial charge in [0, 0.05) is 17.6 Å². The summed E-state index contributed by atoms with van der Waals surface area (Å²) in [5.41, 5.74) is -0.787. The molecule has 1 heterocycles. The first-order chi connectivity index (χ1) is 8.87. The van der Waals surface area contributed by atoms with Crippen molar-refractivity contribution in [3.63, 3.8) is 0 Å². The van der Waals surface area contributed by atoms with E-state index in [0.29, 0.717) is 30.3 Å². The van der Waals surface area contributed by atoms with Crippen molar-refractivity contribution >= 4 is 33.4 Å². The molecule has 0 aromatic heterocycles. The van der Waals surface area contributed by atoms with Gasteiger partial charge in [0.2, 0.25) is 0 Å². The van der Waals surface area contributed by atoms with E-state index in [1.165, 1.54) is 0 Å². The molecule has 0 spiro atoms. The molecule has 4 nitrogen and oxygen atoms in total. The van der Waals surface area contributed by atoms with E-state index in [1.807, 2.05) is 0 Å². The highest BCUT2D eigenvalue weighted by Crippen LogP contribution is 2.28. The summed E-state index contributed by atoms with van der Waals surface area (Å²) in [4.78, 5) is 13.5. The monoisotopic (exact) mass is 347 g/mol. The van der Waals surface area contributed by atoms with Gasteiger partial charge in [0.25, 0.3) is 5.91 Å². The maximum absolute atomic E-state index is 11.9. The van der Waals surface area contributed by atoms with Gasteiger partial charge in [-0.1, -0.05) is 27.5 Å². The Bertz CT molecular complexity index is 493. The van der Waals surface area contributed by atoms with Crippen LogP contribution in [0.25, 0.3) is 0 Å². The van der Waals surface area contributed by atoms with Crippen LogP contribution in [0, 0.1) is 0 Å². The normalized spacial score (nSPS) is 22.6. The van der Waals surface area contributed by atoms with Crippen molar-refractivity contribution in [1.82, 2.24) is 4.90 Å². The number of ether oxygens (including phenoxy) is 1. The quantitative estimate of drug-likeness (QED) is 0.913. The van der Waals surface area contributed by atoms with Gasteiger partial charge in [-0.2, -0.15) is 0 Å². The molecule has 1 fully saturated rings. The Morgan fingerprint density at radius 1 is 1.63 bits per heavy atom. The Morgan fingerprint density at radius 2 is 2.37 bits per heavy atom. The van der Waals surface area contributed by atoms with E-state index in [4.69, 9.17) is 16.3 Å². The minimum absolute atomic E-state index is 0.0720. The van der Waals surface area contributed by atoms with Crippen LogP contribution in [0.5, 0.6) is 5.75 Å². The Balaban J connectivity index is 1.90. The van der Waals surface area contributed by atoms with E-state index >= 15 is 0 Å². The first-order valence-electron chi connectivity index (χ1n) is 5.95. The average Bonchev–Trinajstić information content (AvgIpc) is 2.68. The molecule has 104 valence electrons. The topological polar surface area (TPSA) is 49.8 Å². The summed E-state index contributed by atoms with van der Waals surface area (Å²) in [6.45, 7) is 2.57. The Morgan fingerprint density at radius 3 is 2.95 bits per heavy atom. The fraction of sp³-hybridized carbons (Fsp3) is 0.462. The van der Waals surface area contributed by atoms with Gasteiger partial charge in [-0.25, -0.2) is 0 Å². The van der Waals surface area contributed by atoms with Gasteiger partial charge in [0.05, 0.1) is 10.6 Å².